The van der Waals surface area contributed by atoms with Gasteiger partial charge in [0.25, 0.3) is 0 Å². The van der Waals surface area contributed by atoms with Gasteiger partial charge in [-0.25, -0.2) is 0 Å². The van der Waals surface area contributed by atoms with Gasteiger partial charge >= 0.3 is 212 Å². The van der Waals surface area contributed by atoms with E-state index in [0.29, 0.717) is 0 Å². The van der Waals surface area contributed by atoms with E-state index in [2.05, 4.69) is 130 Å². The fourth-order valence-electron chi connectivity index (χ4n) is 4.56. The van der Waals surface area contributed by atoms with Crippen molar-refractivity contribution < 1.29 is 0 Å². The van der Waals surface area contributed by atoms with Crippen LogP contribution in [0.15, 0.2) is 114 Å². The summed E-state index contributed by atoms with van der Waals surface area (Å²) in [4.78, 5) is 5.58. The third kappa shape index (κ3) is 4.94. The average Bonchev–Trinajstić information content (AvgIpc) is 2.88. The van der Waals surface area contributed by atoms with E-state index in [1.165, 1.54) is 50.6 Å². The molecule has 0 saturated heterocycles. The molecule has 0 aliphatic carbocycles. The van der Waals surface area contributed by atoms with Crippen LogP contribution < -0.4 is 0 Å². The number of hydrogen-bond acceptors (Lipinski definition) is 1. The molecule has 0 unspecified atom stereocenters. The Hall–Kier alpha value is -2.93. The van der Waals surface area contributed by atoms with E-state index in [-0.39, 0.29) is 15.0 Å². The molecule has 0 heterocycles. The number of unbranched alkanes of at least 4 members (excludes halogenated alkanes) is 1. The standard InChI is InChI=1S/C32H33NSe/c1-4-5-24-34-31(33-30-25(2)16-15-17-26(30)3)32(27-18-9-6-10-19-27,28-20-11-7-12-21-28)29-22-13-8-14-23-29/h6-23H,4-5,24H2,1-3H3. The number of aliphatic imine (C=N–C) groups is 1. The molecule has 0 N–H and O–H groups in total. The SMILES string of the molecule is CCCC[Se]C(=Nc1c(C)cccc1C)C(c1ccccc1)(c1ccccc1)c1ccccc1. The molecule has 0 amide bonds. The van der Waals surface area contributed by atoms with Crippen molar-refractivity contribution in [2.24, 2.45) is 4.99 Å². The van der Waals surface area contributed by atoms with E-state index in [4.69, 9.17) is 4.99 Å². The van der Waals surface area contributed by atoms with Crippen LogP contribution in [0.2, 0.25) is 5.32 Å². The number of nitrogens with zero attached hydrogens (tertiary/aromatic N) is 1. The fourth-order valence-corrected chi connectivity index (χ4v) is 7.39. The fraction of sp³-hybridized carbons (Fsp3) is 0.219. The van der Waals surface area contributed by atoms with Gasteiger partial charge in [-0.1, -0.05) is 0 Å². The van der Waals surface area contributed by atoms with Crippen LogP contribution in [0, 0.1) is 13.8 Å². The molecular formula is C32H33NSe. The molecule has 0 aromatic heterocycles. The molecule has 4 aromatic rings. The van der Waals surface area contributed by atoms with E-state index in [1.807, 2.05) is 0 Å². The van der Waals surface area contributed by atoms with Gasteiger partial charge in [-0.15, -0.1) is 0 Å². The van der Waals surface area contributed by atoms with E-state index in [0.717, 1.165) is 5.69 Å². The first-order chi connectivity index (χ1) is 16.7. The van der Waals surface area contributed by atoms with E-state index in [9.17, 15) is 0 Å². The van der Waals surface area contributed by atoms with E-state index >= 15 is 0 Å². The Morgan fingerprint density at radius 3 is 1.50 bits per heavy atom. The van der Waals surface area contributed by atoms with Gasteiger partial charge in [0.05, 0.1) is 0 Å². The van der Waals surface area contributed by atoms with Gasteiger partial charge in [0, 0.05) is 0 Å². The van der Waals surface area contributed by atoms with Crippen LogP contribution in [-0.2, 0) is 5.41 Å². The second-order valence-electron chi connectivity index (χ2n) is 8.71. The maximum atomic E-state index is 5.58. The Balaban J connectivity index is 2.10. The Kier molecular flexibility index (Phi) is 8.16. The van der Waals surface area contributed by atoms with Crippen molar-refractivity contribution >= 4 is 25.3 Å². The van der Waals surface area contributed by atoms with Crippen molar-refractivity contribution in [1.29, 1.82) is 0 Å². The quantitative estimate of drug-likeness (QED) is 0.0930. The Morgan fingerprint density at radius 1 is 0.647 bits per heavy atom. The zero-order chi connectivity index (χ0) is 23.8. The summed E-state index contributed by atoms with van der Waals surface area (Å²) >= 11 is 0.228. The second kappa shape index (κ2) is 11.5. The van der Waals surface area contributed by atoms with Crippen molar-refractivity contribution in [3.8, 4) is 0 Å². The Bertz CT molecular complexity index is 1100. The summed E-state index contributed by atoms with van der Waals surface area (Å²) < 4.78 is 1.27. The normalized spacial score (nSPS) is 12.0. The summed E-state index contributed by atoms with van der Waals surface area (Å²) in [6.45, 7) is 6.63. The summed E-state index contributed by atoms with van der Waals surface area (Å²) in [6.07, 6.45) is 2.42. The van der Waals surface area contributed by atoms with Crippen LogP contribution in [0.3, 0.4) is 0 Å². The molecule has 34 heavy (non-hydrogen) atoms. The van der Waals surface area contributed by atoms with Crippen molar-refractivity contribution in [3.63, 3.8) is 0 Å². The van der Waals surface area contributed by atoms with Gasteiger partial charge in [0.1, 0.15) is 0 Å². The summed E-state index contributed by atoms with van der Waals surface area (Å²) in [5, 5.41) is 1.18. The summed E-state index contributed by atoms with van der Waals surface area (Å²) in [5.74, 6) is 0. The molecule has 2 heteroatoms. The monoisotopic (exact) mass is 511 g/mol. The molecule has 0 aliphatic heterocycles. The van der Waals surface area contributed by atoms with E-state index < -0.39 is 5.41 Å². The zero-order valence-electron chi connectivity index (χ0n) is 20.4. The number of para-hydroxylation sites is 1. The van der Waals surface area contributed by atoms with Crippen molar-refractivity contribution in [2.75, 3.05) is 0 Å². The van der Waals surface area contributed by atoms with Crippen LogP contribution in [-0.4, -0.2) is 19.6 Å². The molecule has 0 bridgehead atoms. The molecule has 4 rings (SSSR count). The average molecular weight is 511 g/mol. The van der Waals surface area contributed by atoms with Crippen molar-refractivity contribution in [1.82, 2.24) is 0 Å². The van der Waals surface area contributed by atoms with Crippen LogP contribution in [0.25, 0.3) is 0 Å². The van der Waals surface area contributed by atoms with E-state index in [1.54, 1.807) is 0 Å². The number of hydrogen-bond donors (Lipinski definition) is 0. The third-order valence-electron chi connectivity index (χ3n) is 6.33. The number of rotatable bonds is 9. The third-order valence-corrected chi connectivity index (χ3v) is 8.77. The van der Waals surface area contributed by atoms with Gasteiger partial charge < -0.3 is 0 Å². The minimum absolute atomic E-state index is 0.228. The Labute approximate surface area is 211 Å². The molecule has 0 fully saturated rings. The van der Waals surface area contributed by atoms with Crippen molar-refractivity contribution in [2.45, 2.75) is 44.3 Å². The molecule has 0 spiro atoms. The first kappa shape index (κ1) is 24.2. The Morgan fingerprint density at radius 2 is 1.09 bits per heavy atom. The molecule has 0 radical (unpaired) electrons. The topological polar surface area (TPSA) is 12.4 Å². The summed E-state index contributed by atoms with van der Waals surface area (Å²) in [5.41, 5.74) is 6.95. The van der Waals surface area contributed by atoms with Gasteiger partial charge in [0.2, 0.25) is 0 Å². The summed E-state index contributed by atoms with van der Waals surface area (Å²) in [7, 11) is 0. The molecule has 0 saturated carbocycles. The van der Waals surface area contributed by atoms with Crippen molar-refractivity contribution in [3.05, 3.63) is 137 Å². The van der Waals surface area contributed by atoms with Gasteiger partial charge in [-0.3, -0.25) is 0 Å². The molecule has 0 atom stereocenters. The maximum absolute atomic E-state index is 5.58. The predicted octanol–water partition coefficient (Wildman–Crippen LogP) is 8.29. The van der Waals surface area contributed by atoms with Gasteiger partial charge in [-0.05, 0) is 0 Å². The van der Waals surface area contributed by atoms with Crippen LogP contribution in [0.5, 0.6) is 0 Å². The molecule has 4 aromatic carbocycles. The van der Waals surface area contributed by atoms with Crippen LogP contribution in [0.4, 0.5) is 5.69 Å². The number of benzene rings is 4. The second-order valence-corrected chi connectivity index (χ2v) is 11.0. The molecular weight excluding hydrogens is 477 g/mol. The van der Waals surface area contributed by atoms with Crippen LogP contribution >= 0.6 is 0 Å². The zero-order valence-corrected chi connectivity index (χ0v) is 22.1. The minimum atomic E-state index is -0.438. The number of aryl methyl sites for hydroxylation is 2. The van der Waals surface area contributed by atoms with Gasteiger partial charge in [0.15, 0.2) is 0 Å². The molecule has 172 valence electrons. The molecule has 1 nitrogen and oxygen atoms in total. The summed E-state index contributed by atoms with van der Waals surface area (Å²) in [6, 6.07) is 39.4. The van der Waals surface area contributed by atoms with Gasteiger partial charge in [-0.2, -0.15) is 0 Å². The van der Waals surface area contributed by atoms with Crippen LogP contribution in [0.1, 0.15) is 47.6 Å². The molecule has 0 aliphatic rings. The first-order valence-corrected chi connectivity index (χ1v) is 14.2. The first-order valence-electron chi connectivity index (χ1n) is 12.1. The predicted molar refractivity (Wildman–Crippen MR) is 148 cm³/mol.